The maximum absolute atomic E-state index is 2.45. The van der Waals surface area contributed by atoms with Crippen molar-refractivity contribution in [2.45, 2.75) is 77.0 Å². The zero-order valence-corrected chi connectivity index (χ0v) is 23.3. The van der Waals surface area contributed by atoms with Gasteiger partial charge in [0.05, 0.1) is 0 Å². The van der Waals surface area contributed by atoms with Gasteiger partial charge < -0.3 is 0 Å². The van der Waals surface area contributed by atoms with Crippen molar-refractivity contribution in [1.82, 2.24) is 0 Å². The normalized spacial score (nSPS) is 17.6. The average molecular weight is 499 g/mol. The fourth-order valence-electron chi connectivity index (χ4n) is 4.46. The quantitative estimate of drug-likeness (QED) is 0.215. The van der Waals surface area contributed by atoms with E-state index in [4.69, 9.17) is 0 Å². The van der Waals surface area contributed by atoms with Crippen molar-refractivity contribution >= 4 is 45.3 Å². The van der Waals surface area contributed by atoms with Crippen LogP contribution in [0.3, 0.4) is 0 Å². The number of hydrogen-bond donors (Lipinski definition) is 0. The van der Waals surface area contributed by atoms with E-state index in [0.717, 1.165) is 19.3 Å². The van der Waals surface area contributed by atoms with Crippen LogP contribution in [0.15, 0.2) is 59.3 Å². The Morgan fingerprint density at radius 2 is 0.812 bits per heavy atom. The maximum atomic E-state index is 2.45. The monoisotopic (exact) mass is 498 g/mol. The highest BCUT2D eigenvalue weighted by Gasteiger charge is 2.37. The first kappa shape index (κ1) is 23.9. The van der Waals surface area contributed by atoms with Crippen molar-refractivity contribution in [3.63, 3.8) is 0 Å². The van der Waals surface area contributed by atoms with Crippen LogP contribution in [0.25, 0.3) is 0 Å². The summed E-state index contributed by atoms with van der Waals surface area (Å²) in [6.45, 7) is 14.2. The summed E-state index contributed by atoms with van der Waals surface area (Å²) in [6, 6.07) is 18.6. The molecule has 0 aromatic carbocycles. The van der Waals surface area contributed by atoms with E-state index in [9.17, 15) is 0 Å². The van der Waals surface area contributed by atoms with Gasteiger partial charge in [0.1, 0.15) is 0 Å². The van der Waals surface area contributed by atoms with Crippen molar-refractivity contribution in [3.05, 3.63) is 88.6 Å². The van der Waals surface area contributed by atoms with E-state index >= 15 is 0 Å². The van der Waals surface area contributed by atoms with E-state index < -0.39 is 0 Å². The van der Waals surface area contributed by atoms with Gasteiger partial charge >= 0.3 is 0 Å². The molecule has 4 aromatic rings. The molecule has 0 aliphatic heterocycles. The van der Waals surface area contributed by atoms with Gasteiger partial charge in [0.15, 0.2) is 0 Å². The average Bonchev–Trinajstić information content (AvgIpc) is 3.62. The van der Waals surface area contributed by atoms with Crippen LogP contribution in [0.2, 0.25) is 0 Å². The van der Waals surface area contributed by atoms with Crippen molar-refractivity contribution in [2.75, 3.05) is 0 Å². The Balaban J connectivity index is 1.72. The molecule has 0 nitrogen and oxygen atoms in total. The second kappa shape index (κ2) is 9.21. The first-order valence-electron chi connectivity index (χ1n) is 11.6. The summed E-state index contributed by atoms with van der Waals surface area (Å²) in [6.07, 6.45) is 3.35. The van der Waals surface area contributed by atoms with Gasteiger partial charge in [-0.2, -0.15) is 0 Å². The topological polar surface area (TPSA) is 0 Å². The smallest absolute Gasteiger partial charge is 0.0359 e. The van der Waals surface area contributed by atoms with Gasteiger partial charge in [-0.1, -0.05) is 32.9 Å². The number of rotatable bonds is 9. The molecule has 0 amide bonds. The molecule has 0 aliphatic carbocycles. The molecule has 0 saturated heterocycles. The van der Waals surface area contributed by atoms with Gasteiger partial charge in [-0.3, -0.25) is 0 Å². The predicted octanol–water partition coefficient (Wildman–Crippen LogP) is 10.1. The first-order chi connectivity index (χ1) is 15.3. The van der Waals surface area contributed by atoms with Gasteiger partial charge in [0, 0.05) is 45.5 Å². The summed E-state index contributed by atoms with van der Waals surface area (Å²) in [7, 11) is 0. The van der Waals surface area contributed by atoms with Crippen LogP contribution >= 0.6 is 45.3 Å². The van der Waals surface area contributed by atoms with E-state index in [2.05, 4.69) is 101 Å². The predicted molar refractivity (Wildman–Crippen MR) is 148 cm³/mol. The van der Waals surface area contributed by atoms with E-state index in [0.29, 0.717) is 0 Å². The highest BCUT2D eigenvalue weighted by molar-refractivity contribution is 7.15. The molecule has 0 radical (unpaired) electrons. The first-order valence-corrected chi connectivity index (χ1v) is 15.0. The van der Waals surface area contributed by atoms with Crippen molar-refractivity contribution in [3.8, 4) is 0 Å². The molecule has 0 aliphatic rings. The zero-order chi connectivity index (χ0) is 23.0. The summed E-state index contributed by atoms with van der Waals surface area (Å²) in [5.41, 5.74) is 0.263. The zero-order valence-electron chi connectivity index (χ0n) is 20.0. The number of thiophene rings is 4. The molecule has 0 N–H and O–H groups in total. The Hall–Kier alpha value is -1.20. The lowest BCUT2D eigenvalue weighted by molar-refractivity contribution is 0.570. The van der Waals surface area contributed by atoms with Crippen molar-refractivity contribution < 1.29 is 0 Å². The lowest BCUT2D eigenvalue weighted by atomic mass is 9.82. The Morgan fingerprint density at radius 3 is 1.06 bits per heavy atom. The van der Waals surface area contributed by atoms with Crippen LogP contribution in [0.4, 0.5) is 0 Å². The highest BCUT2D eigenvalue weighted by Crippen LogP contribution is 2.49. The van der Waals surface area contributed by atoms with Gasteiger partial charge in [-0.05, 0) is 87.2 Å². The third-order valence-corrected chi connectivity index (χ3v) is 13.1. The molecule has 0 spiro atoms. The second-order valence-electron chi connectivity index (χ2n) is 9.34. The van der Waals surface area contributed by atoms with Gasteiger partial charge in [0.25, 0.3) is 0 Å². The van der Waals surface area contributed by atoms with E-state index in [-0.39, 0.29) is 16.2 Å². The molecule has 4 rings (SSSR count). The number of hydrogen-bond acceptors (Lipinski definition) is 4. The third-order valence-electron chi connectivity index (χ3n) is 7.64. The van der Waals surface area contributed by atoms with Crippen LogP contribution < -0.4 is 0 Å². The molecule has 0 bridgehead atoms. The summed E-state index contributed by atoms with van der Waals surface area (Å²) < 4.78 is 0. The molecule has 4 heterocycles. The summed E-state index contributed by atoms with van der Waals surface area (Å²) in [5.74, 6) is 0. The summed E-state index contributed by atoms with van der Waals surface area (Å²) in [4.78, 5) is 8.92. The molecule has 4 aromatic heterocycles. The van der Waals surface area contributed by atoms with E-state index in [1.165, 1.54) is 29.3 Å². The van der Waals surface area contributed by atoms with Crippen molar-refractivity contribution in [1.29, 1.82) is 0 Å². The Labute approximate surface area is 210 Å². The molecule has 4 heteroatoms. The standard InChI is InChI=1S/C28H34S4/c1-7-26(4,20-12-10-18-29-20)22-14-16-24(31-22)28(6,9-3)25-17-15-23(32-25)27(5,8-2)21-13-11-19-30-21/h10-19H,7-9H2,1-6H3. The van der Waals surface area contributed by atoms with E-state index in [1.807, 2.05) is 45.3 Å². The molecule has 0 fully saturated rings. The van der Waals surface area contributed by atoms with Crippen LogP contribution in [-0.4, -0.2) is 0 Å². The summed E-state index contributed by atoms with van der Waals surface area (Å²) in [5, 5.41) is 4.42. The van der Waals surface area contributed by atoms with Gasteiger partial charge in [-0.15, -0.1) is 45.3 Å². The van der Waals surface area contributed by atoms with Crippen LogP contribution in [0, 0.1) is 0 Å². The molecule has 2 atom stereocenters. The lowest BCUT2D eigenvalue weighted by Crippen LogP contribution is -2.21. The highest BCUT2D eigenvalue weighted by atomic mass is 32.1. The molecular formula is C28H34S4. The van der Waals surface area contributed by atoms with Crippen LogP contribution in [-0.2, 0) is 16.2 Å². The lowest BCUT2D eigenvalue weighted by Gasteiger charge is -2.29. The Kier molecular flexibility index (Phi) is 6.89. The minimum Gasteiger partial charge on any atom is -0.148 e. The largest absolute Gasteiger partial charge is 0.148 e. The fraction of sp³-hybridized carbons (Fsp3) is 0.429. The molecular weight excluding hydrogens is 465 g/mol. The van der Waals surface area contributed by atoms with Crippen molar-refractivity contribution in [2.24, 2.45) is 0 Å². The molecule has 32 heavy (non-hydrogen) atoms. The maximum Gasteiger partial charge on any atom is 0.0359 e. The van der Waals surface area contributed by atoms with Crippen LogP contribution in [0.1, 0.15) is 90.1 Å². The second-order valence-corrected chi connectivity index (χ2v) is 13.4. The van der Waals surface area contributed by atoms with Gasteiger partial charge in [0.2, 0.25) is 0 Å². The third kappa shape index (κ3) is 3.87. The molecule has 0 saturated carbocycles. The fourth-order valence-corrected chi connectivity index (χ4v) is 9.54. The Morgan fingerprint density at radius 1 is 0.500 bits per heavy atom. The van der Waals surface area contributed by atoms with Crippen LogP contribution in [0.5, 0.6) is 0 Å². The minimum atomic E-state index is 0.0556. The SMILES string of the molecule is CCC(C)(c1cccs1)c1ccc(C(C)(CC)c2ccc(C(C)(CC)c3cccs3)s2)s1. The van der Waals surface area contributed by atoms with Gasteiger partial charge in [-0.25, -0.2) is 0 Å². The Bertz CT molecular complexity index is 1040. The van der Waals surface area contributed by atoms with E-state index in [1.54, 1.807) is 0 Å². The molecule has 170 valence electrons. The molecule has 2 unspecified atom stereocenters. The minimum absolute atomic E-state index is 0.0556. The summed E-state index contributed by atoms with van der Waals surface area (Å²) >= 11 is 7.82.